The van der Waals surface area contributed by atoms with Crippen LogP contribution in [-0.2, 0) is 6.54 Å². The van der Waals surface area contributed by atoms with E-state index >= 15 is 0 Å². The van der Waals surface area contributed by atoms with E-state index in [0.717, 1.165) is 36.1 Å². The molecule has 0 radical (unpaired) electrons. The highest BCUT2D eigenvalue weighted by atomic mass is 16.5. The maximum absolute atomic E-state index is 5.21. The summed E-state index contributed by atoms with van der Waals surface area (Å²) in [6, 6.07) is 8.21. The Kier molecular flexibility index (Phi) is 3.45. The minimum Gasteiger partial charge on any atom is -0.497 e. The van der Waals surface area contributed by atoms with E-state index in [9.17, 15) is 0 Å². The van der Waals surface area contributed by atoms with Crippen molar-refractivity contribution in [1.82, 2.24) is 20.1 Å². The van der Waals surface area contributed by atoms with Crippen molar-refractivity contribution in [3.05, 3.63) is 30.1 Å². The van der Waals surface area contributed by atoms with Crippen molar-refractivity contribution < 1.29 is 4.74 Å². The molecule has 0 saturated carbocycles. The van der Waals surface area contributed by atoms with Gasteiger partial charge in [0.2, 0.25) is 0 Å². The Balaban J connectivity index is 2.00. The highest BCUT2D eigenvalue weighted by molar-refractivity contribution is 5.57. The third-order valence-corrected chi connectivity index (χ3v) is 3.94. The van der Waals surface area contributed by atoms with E-state index in [4.69, 9.17) is 4.74 Å². The van der Waals surface area contributed by atoms with Gasteiger partial charge in [0.05, 0.1) is 13.2 Å². The van der Waals surface area contributed by atoms with Gasteiger partial charge >= 0.3 is 0 Å². The molecule has 0 aliphatic carbocycles. The van der Waals surface area contributed by atoms with Gasteiger partial charge in [-0.3, -0.25) is 0 Å². The van der Waals surface area contributed by atoms with Crippen molar-refractivity contribution in [1.29, 1.82) is 0 Å². The molecule has 1 N–H and O–H groups in total. The van der Waals surface area contributed by atoms with Crippen LogP contribution in [0.1, 0.15) is 32.6 Å². The van der Waals surface area contributed by atoms with Gasteiger partial charge in [-0.2, -0.15) is 0 Å². The van der Waals surface area contributed by atoms with Crippen LogP contribution in [0.5, 0.6) is 5.75 Å². The predicted molar refractivity (Wildman–Crippen MR) is 82.2 cm³/mol. The van der Waals surface area contributed by atoms with Crippen LogP contribution in [0.25, 0.3) is 11.4 Å². The van der Waals surface area contributed by atoms with Gasteiger partial charge in [0, 0.05) is 18.7 Å². The molecule has 2 aromatic rings. The molecule has 21 heavy (non-hydrogen) atoms. The van der Waals surface area contributed by atoms with E-state index in [1.807, 2.05) is 24.3 Å². The van der Waals surface area contributed by atoms with Crippen LogP contribution in [-0.4, -0.2) is 28.4 Å². The Morgan fingerprint density at radius 3 is 2.52 bits per heavy atom. The average molecular weight is 286 g/mol. The first kappa shape index (κ1) is 14.1. The lowest BCUT2D eigenvalue weighted by Gasteiger charge is -2.34. The molecule has 1 atom stereocenters. The summed E-state index contributed by atoms with van der Waals surface area (Å²) < 4.78 is 7.44. The minimum absolute atomic E-state index is 0.113. The van der Waals surface area contributed by atoms with E-state index in [1.54, 1.807) is 7.11 Å². The van der Waals surface area contributed by atoms with Gasteiger partial charge in [-0.15, -0.1) is 10.2 Å². The third-order valence-electron chi connectivity index (χ3n) is 3.94. The van der Waals surface area contributed by atoms with Crippen molar-refractivity contribution >= 4 is 0 Å². The Morgan fingerprint density at radius 2 is 1.90 bits per heavy atom. The van der Waals surface area contributed by atoms with E-state index < -0.39 is 0 Å². The molecule has 0 bridgehead atoms. The summed E-state index contributed by atoms with van der Waals surface area (Å²) >= 11 is 0. The molecule has 2 heterocycles. The van der Waals surface area contributed by atoms with Crippen molar-refractivity contribution in [3.8, 4) is 17.1 Å². The molecule has 112 valence electrons. The number of hydrogen-bond acceptors (Lipinski definition) is 4. The first-order valence-electron chi connectivity index (χ1n) is 7.31. The molecule has 0 spiro atoms. The highest BCUT2D eigenvalue weighted by Crippen LogP contribution is 2.35. The fourth-order valence-corrected chi connectivity index (χ4v) is 2.81. The summed E-state index contributed by atoms with van der Waals surface area (Å²) in [6.45, 7) is 8.51. The van der Waals surface area contributed by atoms with Gasteiger partial charge in [-0.1, -0.05) is 20.8 Å². The van der Waals surface area contributed by atoms with Crippen LogP contribution in [0, 0.1) is 5.41 Å². The van der Waals surface area contributed by atoms with Crippen LogP contribution in [0.2, 0.25) is 0 Å². The van der Waals surface area contributed by atoms with Gasteiger partial charge < -0.3 is 14.6 Å². The topological polar surface area (TPSA) is 52.0 Å². The van der Waals surface area contributed by atoms with Gasteiger partial charge in [0.1, 0.15) is 5.75 Å². The quantitative estimate of drug-likeness (QED) is 0.922. The van der Waals surface area contributed by atoms with Gasteiger partial charge in [-0.05, 0) is 29.7 Å². The molecular formula is C16H22N4O. The molecular weight excluding hydrogens is 264 g/mol. The number of benzene rings is 1. The summed E-state index contributed by atoms with van der Waals surface area (Å²) in [6.07, 6.45) is 0. The Morgan fingerprint density at radius 1 is 1.19 bits per heavy atom. The van der Waals surface area contributed by atoms with Gasteiger partial charge in [-0.25, -0.2) is 0 Å². The second-order valence-electron chi connectivity index (χ2n) is 6.52. The van der Waals surface area contributed by atoms with E-state index in [1.165, 1.54) is 0 Å². The minimum atomic E-state index is 0.113. The summed E-state index contributed by atoms with van der Waals surface area (Å²) in [7, 11) is 1.67. The summed E-state index contributed by atoms with van der Waals surface area (Å²) in [5.74, 6) is 2.81. The molecule has 1 aliphatic rings. The van der Waals surface area contributed by atoms with Crippen LogP contribution < -0.4 is 10.1 Å². The maximum atomic E-state index is 5.21. The monoisotopic (exact) mass is 286 g/mol. The number of aromatic nitrogens is 3. The first-order chi connectivity index (χ1) is 10.0. The fourth-order valence-electron chi connectivity index (χ4n) is 2.81. The van der Waals surface area contributed by atoms with Crippen LogP contribution in [0.3, 0.4) is 0 Å². The zero-order valence-electron chi connectivity index (χ0n) is 13.1. The standard InChI is InChI=1S/C16H22N4O/c1-16(2,3)13-15-19-18-14(20(15)10-9-17-13)11-5-7-12(21-4)8-6-11/h5-8,13,17H,9-10H2,1-4H3. The lowest BCUT2D eigenvalue weighted by atomic mass is 9.85. The molecule has 0 saturated heterocycles. The molecule has 1 aromatic carbocycles. The molecule has 1 unspecified atom stereocenters. The SMILES string of the molecule is COc1ccc(-c2nnc3n2CCNC3C(C)(C)C)cc1. The van der Waals surface area contributed by atoms with E-state index in [-0.39, 0.29) is 11.5 Å². The predicted octanol–water partition coefficient (Wildman–Crippen LogP) is 2.64. The number of rotatable bonds is 2. The zero-order chi connectivity index (χ0) is 15.0. The second-order valence-corrected chi connectivity index (χ2v) is 6.52. The lowest BCUT2D eigenvalue weighted by molar-refractivity contribution is 0.234. The largest absolute Gasteiger partial charge is 0.497 e. The fraction of sp³-hybridized carbons (Fsp3) is 0.500. The molecule has 5 nitrogen and oxygen atoms in total. The van der Waals surface area contributed by atoms with Crippen LogP contribution in [0.4, 0.5) is 0 Å². The third kappa shape index (κ3) is 2.53. The highest BCUT2D eigenvalue weighted by Gasteiger charge is 2.33. The van der Waals surface area contributed by atoms with Crippen molar-refractivity contribution in [2.24, 2.45) is 5.41 Å². The molecule has 0 amide bonds. The van der Waals surface area contributed by atoms with Gasteiger partial charge in [0.25, 0.3) is 0 Å². The summed E-state index contributed by atoms with van der Waals surface area (Å²) in [5.41, 5.74) is 1.19. The normalized spacial score (nSPS) is 18.4. The van der Waals surface area contributed by atoms with E-state index in [0.29, 0.717) is 0 Å². The molecule has 1 aromatic heterocycles. The number of nitrogens with one attached hydrogen (secondary N) is 1. The lowest BCUT2D eigenvalue weighted by Crippen LogP contribution is -2.40. The summed E-state index contributed by atoms with van der Waals surface area (Å²) in [4.78, 5) is 0. The second kappa shape index (κ2) is 5.15. The van der Waals surface area contributed by atoms with Crippen molar-refractivity contribution in [2.75, 3.05) is 13.7 Å². The Bertz CT molecular complexity index is 625. The number of methoxy groups -OCH3 is 1. The Labute approximate surface area is 125 Å². The molecule has 3 rings (SSSR count). The molecule has 0 fully saturated rings. The smallest absolute Gasteiger partial charge is 0.164 e. The zero-order valence-corrected chi connectivity index (χ0v) is 13.1. The maximum Gasteiger partial charge on any atom is 0.164 e. The van der Waals surface area contributed by atoms with Crippen LogP contribution >= 0.6 is 0 Å². The number of hydrogen-bond donors (Lipinski definition) is 1. The van der Waals surface area contributed by atoms with Crippen molar-refractivity contribution in [2.45, 2.75) is 33.4 Å². The average Bonchev–Trinajstić information content (AvgIpc) is 2.90. The Hall–Kier alpha value is -1.88. The molecule has 1 aliphatic heterocycles. The number of nitrogens with zero attached hydrogens (tertiary/aromatic N) is 3. The van der Waals surface area contributed by atoms with E-state index in [2.05, 4.69) is 40.9 Å². The van der Waals surface area contributed by atoms with Crippen LogP contribution in [0.15, 0.2) is 24.3 Å². The number of fused-ring (bicyclic) bond motifs is 1. The summed E-state index contributed by atoms with van der Waals surface area (Å²) in [5, 5.41) is 12.4. The first-order valence-corrected chi connectivity index (χ1v) is 7.31. The van der Waals surface area contributed by atoms with Gasteiger partial charge in [0.15, 0.2) is 11.6 Å². The number of ether oxygens (including phenoxy) is 1. The van der Waals surface area contributed by atoms with Crippen molar-refractivity contribution in [3.63, 3.8) is 0 Å². The molecule has 5 heteroatoms.